The lowest BCUT2D eigenvalue weighted by atomic mass is 10.1. The van der Waals surface area contributed by atoms with Crippen LogP contribution in [0.1, 0.15) is 5.56 Å². The van der Waals surface area contributed by atoms with E-state index in [4.69, 9.17) is 22.7 Å². The number of hydrogen-bond donors (Lipinski definition) is 2. The van der Waals surface area contributed by atoms with E-state index in [1.807, 2.05) is 42.7 Å². The Balaban J connectivity index is 2.44. The van der Waals surface area contributed by atoms with Crippen LogP contribution in [0, 0.1) is 0 Å². The molecule has 0 heterocycles. The highest BCUT2D eigenvalue weighted by Crippen LogP contribution is 2.31. The third-order valence-corrected chi connectivity index (χ3v) is 4.32. The Kier molecular flexibility index (Phi) is 5.50. The number of benzene rings is 2. The second kappa shape index (κ2) is 7.15. The van der Waals surface area contributed by atoms with E-state index < -0.39 is 0 Å². The number of hydrogen-bond acceptors (Lipinski definition) is 4. The van der Waals surface area contributed by atoms with Crippen molar-refractivity contribution >= 4 is 56.3 Å². The Labute approximate surface area is 142 Å². The van der Waals surface area contributed by atoms with Gasteiger partial charge in [-0.05, 0) is 30.5 Å². The van der Waals surface area contributed by atoms with Gasteiger partial charge in [0.2, 0.25) is 0 Å². The molecule has 21 heavy (non-hydrogen) atoms. The number of nitrogens with one attached hydrogen (secondary N) is 1. The second-order valence-electron chi connectivity index (χ2n) is 4.25. The zero-order valence-corrected chi connectivity index (χ0v) is 14.9. The van der Waals surface area contributed by atoms with Gasteiger partial charge in [-0.25, -0.2) is 0 Å². The molecule has 0 saturated carbocycles. The Hall–Kier alpha value is -1.24. The normalized spacial score (nSPS) is 10.2. The maximum absolute atomic E-state index is 5.87. The molecule has 0 spiro atoms. The highest BCUT2D eigenvalue weighted by atomic mass is 79.9. The summed E-state index contributed by atoms with van der Waals surface area (Å²) in [5, 5.41) is 3.35. The molecular weight excluding hydrogens is 368 g/mol. The summed E-state index contributed by atoms with van der Waals surface area (Å²) in [4.78, 5) is 1.43. The summed E-state index contributed by atoms with van der Waals surface area (Å²) in [5.41, 5.74) is 8.52. The first-order valence-electron chi connectivity index (χ1n) is 6.13. The standard InChI is InChI=1S/C15H15BrN2OS2/c1-19-11-7-9(16)6-10(8-11)18-12-4-3-5-13(21-2)14(12)15(17)20/h3-8,18H,1-2H3,(H2,17,20). The van der Waals surface area contributed by atoms with E-state index in [9.17, 15) is 0 Å². The lowest BCUT2D eigenvalue weighted by Crippen LogP contribution is -2.13. The SMILES string of the molecule is COc1cc(Br)cc(Nc2cccc(SC)c2C(N)=S)c1. The van der Waals surface area contributed by atoms with Crippen LogP contribution in [0.5, 0.6) is 5.75 Å². The number of ether oxygens (including phenoxy) is 1. The summed E-state index contributed by atoms with van der Waals surface area (Å²) in [7, 11) is 1.64. The Bertz CT molecular complexity index is 677. The van der Waals surface area contributed by atoms with Crippen molar-refractivity contribution in [1.82, 2.24) is 0 Å². The van der Waals surface area contributed by atoms with Crippen LogP contribution in [-0.4, -0.2) is 18.4 Å². The molecule has 0 aliphatic heterocycles. The molecule has 3 N–H and O–H groups in total. The molecule has 0 aromatic heterocycles. The van der Waals surface area contributed by atoms with E-state index in [1.54, 1.807) is 18.9 Å². The molecule has 110 valence electrons. The van der Waals surface area contributed by atoms with Crippen LogP contribution in [0.4, 0.5) is 11.4 Å². The van der Waals surface area contributed by atoms with Crippen molar-refractivity contribution in [3.05, 3.63) is 46.4 Å². The van der Waals surface area contributed by atoms with Crippen molar-refractivity contribution in [3.8, 4) is 5.75 Å². The first-order chi connectivity index (χ1) is 10.0. The molecule has 0 unspecified atom stereocenters. The summed E-state index contributed by atoms with van der Waals surface area (Å²) in [6.45, 7) is 0. The van der Waals surface area contributed by atoms with E-state index >= 15 is 0 Å². The van der Waals surface area contributed by atoms with Gasteiger partial charge in [0.05, 0.1) is 7.11 Å². The van der Waals surface area contributed by atoms with E-state index in [-0.39, 0.29) is 0 Å². The van der Waals surface area contributed by atoms with Crippen LogP contribution in [0.3, 0.4) is 0 Å². The van der Waals surface area contributed by atoms with E-state index in [1.165, 1.54) is 0 Å². The predicted molar refractivity (Wildman–Crippen MR) is 98.1 cm³/mol. The van der Waals surface area contributed by atoms with Crippen LogP contribution >= 0.6 is 39.9 Å². The molecule has 6 heteroatoms. The molecule has 0 radical (unpaired) electrons. The van der Waals surface area contributed by atoms with Crippen molar-refractivity contribution in [2.45, 2.75) is 4.90 Å². The molecule has 2 aromatic carbocycles. The summed E-state index contributed by atoms with van der Waals surface area (Å²) >= 11 is 10.3. The van der Waals surface area contributed by atoms with Crippen LogP contribution in [0.2, 0.25) is 0 Å². The molecule has 3 nitrogen and oxygen atoms in total. The maximum atomic E-state index is 5.87. The number of methoxy groups -OCH3 is 1. The van der Waals surface area contributed by atoms with Gasteiger partial charge in [-0.15, -0.1) is 11.8 Å². The Morgan fingerprint density at radius 2 is 2.10 bits per heavy atom. The quantitative estimate of drug-likeness (QED) is 0.586. The molecule has 0 amide bonds. The smallest absolute Gasteiger partial charge is 0.122 e. The largest absolute Gasteiger partial charge is 0.497 e. The first kappa shape index (κ1) is 16.1. The molecule has 0 aliphatic carbocycles. The molecule has 0 aliphatic rings. The molecule has 0 saturated heterocycles. The minimum Gasteiger partial charge on any atom is -0.497 e. The fourth-order valence-corrected chi connectivity index (χ4v) is 3.36. The van der Waals surface area contributed by atoms with Crippen LogP contribution in [0.25, 0.3) is 0 Å². The van der Waals surface area contributed by atoms with Crippen LogP contribution in [-0.2, 0) is 0 Å². The van der Waals surface area contributed by atoms with Crippen molar-refractivity contribution in [3.63, 3.8) is 0 Å². The van der Waals surface area contributed by atoms with Gasteiger partial charge in [-0.2, -0.15) is 0 Å². The molecule has 0 fully saturated rings. The minimum atomic E-state index is 0.379. The van der Waals surface area contributed by atoms with Crippen molar-refractivity contribution in [2.75, 3.05) is 18.7 Å². The molecule has 0 atom stereocenters. The lowest BCUT2D eigenvalue weighted by Gasteiger charge is -2.15. The number of anilines is 2. The number of halogens is 1. The highest BCUT2D eigenvalue weighted by Gasteiger charge is 2.11. The minimum absolute atomic E-state index is 0.379. The predicted octanol–water partition coefficient (Wildman–Crippen LogP) is 4.56. The number of nitrogens with two attached hydrogens (primary N) is 1. The molecule has 2 aromatic rings. The lowest BCUT2D eigenvalue weighted by molar-refractivity contribution is 0.415. The van der Waals surface area contributed by atoms with Gasteiger partial charge in [-0.3, -0.25) is 0 Å². The molecule has 0 bridgehead atoms. The van der Waals surface area contributed by atoms with Crippen molar-refractivity contribution in [2.24, 2.45) is 5.73 Å². The van der Waals surface area contributed by atoms with Gasteiger partial charge in [0.15, 0.2) is 0 Å². The zero-order chi connectivity index (χ0) is 15.4. The Morgan fingerprint density at radius 3 is 2.71 bits per heavy atom. The maximum Gasteiger partial charge on any atom is 0.122 e. The van der Waals surface area contributed by atoms with E-state index in [0.717, 1.165) is 32.1 Å². The third kappa shape index (κ3) is 3.90. The fraction of sp³-hybridized carbons (Fsp3) is 0.133. The summed E-state index contributed by atoms with van der Waals surface area (Å²) in [6, 6.07) is 11.7. The molecular formula is C15H15BrN2OS2. The number of thioether (sulfide) groups is 1. The summed E-state index contributed by atoms with van der Waals surface area (Å²) < 4.78 is 6.20. The summed E-state index contributed by atoms with van der Waals surface area (Å²) in [6.07, 6.45) is 2.00. The Morgan fingerprint density at radius 1 is 1.33 bits per heavy atom. The first-order valence-corrected chi connectivity index (χ1v) is 8.56. The monoisotopic (exact) mass is 382 g/mol. The van der Waals surface area contributed by atoms with Gasteiger partial charge in [0.1, 0.15) is 10.7 Å². The van der Waals surface area contributed by atoms with Crippen molar-refractivity contribution in [1.29, 1.82) is 0 Å². The van der Waals surface area contributed by atoms with Gasteiger partial charge in [0, 0.05) is 32.4 Å². The average molecular weight is 383 g/mol. The topological polar surface area (TPSA) is 47.3 Å². The zero-order valence-electron chi connectivity index (χ0n) is 11.6. The second-order valence-corrected chi connectivity index (χ2v) is 6.46. The van der Waals surface area contributed by atoms with Gasteiger partial charge in [-0.1, -0.05) is 34.2 Å². The summed E-state index contributed by atoms with van der Waals surface area (Å²) in [5.74, 6) is 0.768. The van der Waals surface area contributed by atoms with Crippen LogP contribution in [0.15, 0.2) is 45.8 Å². The third-order valence-electron chi connectivity index (χ3n) is 2.88. The molecule has 2 rings (SSSR count). The van der Waals surface area contributed by atoms with Crippen molar-refractivity contribution < 1.29 is 4.74 Å². The van der Waals surface area contributed by atoms with Gasteiger partial charge >= 0.3 is 0 Å². The number of thiocarbonyl (C=S) groups is 1. The van der Waals surface area contributed by atoms with Gasteiger partial charge in [0.25, 0.3) is 0 Å². The fourth-order valence-electron chi connectivity index (χ4n) is 1.97. The average Bonchev–Trinajstić information content (AvgIpc) is 2.45. The van der Waals surface area contributed by atoms with Gasteiger partial charge < -0.3 is 15.8 Å². The van der Waals surface area contributed by atoms with E-state index in [0.29, 0.717) is 4.99 Å². The van der Waals surface area contributed by atoms with Crippen LogP contribution < -0.4 is 15.8 Å². The number of rotatable bonds is 5. The van der Waals surface area contributed by atoms with E-state index in [2.05, 4.69) is 21.2 Å². The highest BCUT2D eigenvalue weighted by molar-refractivity contribution is 9.10.